The highest BCUT2D eigenvalue weighted by Gasteiger charge is 2.52. The molecule has 0 radical (unpaired) electrons. The Hall–Kier alpha value is -0.560. The van der Waals surface area contributed by atoms with Gasteiger partial charge in [-0.2, -0.15) is 0 Å². The van der Waals surface area contributed by atoms with Gasteiger partial charge in [0.25, 0.3) is 0 Å². The fourth-order valence-electron chi connectivity index (χ4n) is 5.35. The first-order chi connectivity index (χ1) is 9.62. The maximum absolute atomic E-state index is 10.3. The number of hydrogen-bond donors (Lipinski definition) is 1. The summed E-state index contributed by atoms with van der Waals surface area (Å²) in [5.41, 5.74) is 1.50. The van der Waals surface area contributed by atoms with Crippen molar-refractivity contribution in [1.29, 1.82) is 0 Å². The molecule has 1 unspecified atom stereocenters. The lowest BCUT2D eigenvalue weighted by molar-refractivity contribution is -0.0583. The molecule has 0 heterocycles. The molecule has 4 atom stereocenters. The smallest absolute Gasteiger partial charge is 0.0797 e. The second-order valence-corrected chi connectivity index (χ2v) is 8.75. The Kier molecular flexibility index (Phi) is 4.46. The number of rotatable bonds is 4. The third-order valence-corrected chi connectivity index (χ3v) is 6.70. The molecule has 0 saturated heterocycles. The van der Waals surface area contributed by atoms with Crippen molar-refractivity contribution in [2.24, 2.45) is 22.7 Å². The van der Waals surface area contributed by atoms with Crippen LogP contribution in [0.3, 0.4) is 0 Å². The molecule has 2 aliphatic rings. The summed E-state index contributed by atoms with van der Waals surface area (Å²) in [4.78, 5) is 0. The molecule has 1 heteroatoms. The maximum Gasteiger partial charge on any atom is 0.0797 e. The fraction of sp³-hybridized carbons (Fsp3) is 0.800. The van der Waals surface area contributed by atoms with Crippen LogP contribution in [0.5, 0.6) is 0 Å². The molecule has 0 amide bonds. The van der Waals surface area contributed by atoms with E-state index in [2.05, 4.69) is 33.9 Å². The summed E-state index contributed by atoms with van der Waals surface area (Å²) in [6, 6.07) is 0. The molecule has 0 aromatic heterocycles. The van der Waals surface area contributed by atoms with Crippen LogP contribution in [-0.2, 0) is 0 Å². The quantitative estimate of drug-likeness (QED) is 0.678. The second-order valence-electron chi connectivity index (χ2n) is 8.75. The third-order valence-electron chi connectivity index (χ3n) is 6.70. The molecule has 2 rings (SSSR count). The molecule has 0 aliphatic heterocycles. The predicted molar refractivity (Wildman–Crippen MR) is 91.1 cm³/mol. The minimum Gasteiger partial charge on any atom is -0.386 e. The first-order valence-electron chi connectivity index (χ1n) is 8.66. The lowest BCUT2D eigenvalue weighted by Gasteiger charge is -2.58. The summed E-state index contributed by atoms with van der Waals surface area (Å²) in [5.74, 6) is 1.35. The van der Waals surface area contributed by atoms with Crippen LogP contribution in [0.2, 0.25) is 0 Å². The van der Waals surface area contributed by atoms with Gasteiger partial charge in [0.2, 0.25) is 0 Å². The van der Waals surface area contributed by atoms with E-state index in [1.807, 2.05) is 6.92 Å². The van der Waals surface area contributed by atoms with Gasteiger partial charge in [-0.3, -0.25) is 0 Å². The number of hydrogen-bond acceptors (Lipinski definition) is 1. The first-order valence-corrected chi connectivity index (χ1v) is 8.66. The molecule has 120 valence electrons. The van der Waals surface area contributed by atoms with Gasteiger partial charge in [-0.1, -0.05) is 45.4 Å². The highest BCUT2D eigenvalue weighted by molar-refractivity contribution is 5.16. The third kappa shape index (κ3) is 3.13. The summed E-state index contributed by atoms with van der Waals surface area (Å²) >= 11 is 0. The highest BCUT2D eigenvalue weighted by Crippen LogP contribution is 2.61. The van der Waals surface area contributed by atoms with Crippen LogP contribution in [0.1, 0.15) is 72.6 Å². The minimum absolute atomic E-state index is 0.369. The zero-order chi connectivity index (χ0) is 15.9. The monoisotopic (exact) mass is 290 g/mol. The number of allylic oxidation sites excluding steroid dienone is 1. The second kappa shape index (κ2) is 5.57. The summed E-state index contributed by atoms with van der Waals surface area (Å²) in [7, 11) is 0. The number of aliphatic hydroxyl groups is 1. The average Bonchev–Trinajstić information content (AvgIpc) is 2.36. The van der Waals surface area contributed by atoms with Gasteiger partial charge in [0.15, 0.2) is 0 Å². The largest absolute Gasteiger partial charge is 0.386 e. The zero-order valence-corrected chi connectivity index (χ0v) is 14.5. The molecule has 0 aromatic rings. The molecule has 21 heavy (non-hydrogen) atoms. The van der Waals surface area contributed by atoms with E-state index in [9.17, 15) is 5.11 Å². The Morgan fingerprint density at radius 2 is 2.00 bits per heavy atom. The maximum atomic E-state index is 10.3. The zero-order valence-electron chi connectivity index (χ0n) is 14.5. The first kappa shape index (κ1) is 16.8. The van der Waals surface area contributed by atoms with Crippen LogP contribution in [0.15, 0.2) is 24.8 Å². The van der Waals surface area contributed by atoms with Crippen molar-refractivity contribution < 1.29 is 5.11 Å². The van der Waals surface area contributed by atoms with Gasteiger partial charge in [-0.25, -0.2) is 0 Å². The van der Waals surface area contributed by atoms with Gasteiger partial charge in [-0.05, 0) is 68.1 Å². The summed E-state index contributed by atoms with van der Waals surface area (Å²) in [6.45, 7) is 17.4. The topological polar surface area (TPSA) is 20.2 Å². The molecule has 2 aliphatic carbocycles. The molecular weight excluding hydrogens is 256 g/mol. The van der Waals surface area contributed by atoms with Crippen molar-refractivity contribution in [3.63, 3.8) is 0 Å². The van der Waals surface area contributed by atoms with Gasteiger partial charge in [0.1, 0.15) is 0 Å². The lowest BCUT2D eigenvalue weighted by atomic mass is 9.47. The molecular formula is C20H34O. The molecule has 0 spiro atoms. The van der Waals surface area contributed by atoms with Crippen LogP contribution in [0, 0.1) is 22.7 Å². The van der Waals surface area contributed by atoms with E-state index < -0.39 is 5.60 Å². The van der Waals surface area contributed by atoms with Gasteiger partial charge >= 0.3 is 0 Å². The van der Waals surface area contributed by atoms with Crippen LogP contribution >= 0.6 is 0 Å². The molecule has 0 bridgehead atoms. The Morgan fingerprint density at radius 1 is 1.33 bits per heavy atom. The van der Waals surface area contributed by atoms with E-state index in [4.69, 9.17) is 0 Å². The molecule has 1 nitrogen and oxygen atoms in total. The van der Waals surface area contributed by atoms with E-state index in [0.717, 1.165) is 18.8 Å². The van der Waals surface area contributed by atoms with Crippen LogP contribution in [-0.4, -0.2) is 10.7 Å². The van der Waals surface area contributed by atoms with Crippen LogP contribution in [0.25, 0.3) is 0 Å². The highest BCUT2D eigenvalue weighted by atomic mass is 16.3. The van der Waals surface area contributed by atoms with Crippen molar-refractivity contribution in [1.82, 2.24) is 0 Å². The van der Waals surface area contributed by atoms with Gasteiger partial charge in [0, 0.05) is 0 Å². The number of fused-ring (bicyclic) bond motifs is 1. The van der Waals surface area contributed by atoms with E-state index in [-0.39, 0.29) is 0 Å². The van der Waals surface area contributed by atoms with Gasteiger partial charge in [-0.15, -0.1) is 6.58 Å². The summed E-state index contributed by atoms with van der Waals surface area (Å²) in [6.07, 6.45) is 10.0. The van der Waals surface area contributed by atoms with Crippen molar-refractivity contribution >= 4 is 0 Å². The van der Waals surface area contributed by atoms with E-state index in [1.165, 1.54) is 37.7 Å². The van der Waals surface area contributed by atoms with Crippen molar-refractivity contribution in [3.8, 4) is 0 Å². The molecule has 2 saturated carbocycles. The van der Waals surface area contributed by atoms with Gasteiger partial charge in [0.05, 0.1) is 5.60 Å². The SMILES string of the molecule is C=C[C@](C)(O)CC[C@H]1C(=C)CCC2C(C)(C)CCC[C@@]21C. The van der Waals surface area contributed by atoms with E-state index >= 15 is 0 Å². The Labute approximate surface area is 131 Å². The standard InChI is InChI=1S/C20H34O/c1-7-19(5,21)14-11-16-15(2)9-10-17-18(3,4)12-8-13-20(16,17)6/h7,16-17,21H,1-2,8-14H2,3-6H3/t16-,17?,19-,20+/m0/s1. The lowest BCUT2D eigenvalue weighted by Crippen LogP contribution is -2.49. The molecule has 2 fully saturated rings. The van der Waals surface area contributed by atoms with Crippen LogP contribution in [0.4, 0.5) is 0 Å². The molecule has 0 aromatic carbocycles. The van der Waals surface area contributed by atoms with Crippen molar-refractivity contribution in [3.05, 3.63) is 24.8 Å². The molecule has 1 N–H and O–H groups in total. The minimum atomic E-state index is -0.742. The van der Waals surface area contributed by atoms with E-state index in [1.54, 1.807) is 6.08 Å². The fourth-order valence-corrected chi connectivity index (χ4v) is 5.35. The van der Waals surface area contributed by atoms with E-state index in [0.29, 0.717) is 16.7 Å². The summed E-state index contributed by atoms with van der Waals surface area (Å²) in [5, 5.41) is 10.3. The Balaban J connectivity index is 2.21. The Bertz CT molecular complexity index is 418. The predicted octanol–water partition coefficient (Wildman–Crippen LogP) is 5.50. The Morgan fingerprint density at radius 3 is 2.62 bits per heavy atom. The normalized spacial score (nSPS) is 38.4. The van der Waals surface area contributed by atoms with Crippen molar-refractivity contribution in [2.75, 3.05) is 0 Å². The average molecular weight is 290 g/mol. The van der Waals surface area contributed by atoms with Crippen molar-refractivity contribution in [2.45, 2.75) is 78.2 Å². The van der Waals surface area contributed by atoms with Gasteiger partial charge < -0.3 is 5.11 Å². The van der Waals surface area contributed by atoms with Crippen LogP contribution < -0.4 is 0 Å². The summed E-state index contributed by atoms with van der Waals surface area (Å²) < 4.78 is 0.